The first-order valence-electron chi connectivity index (χ1n) is 20.0. The van der Waals surface area contributed by atoms with E-state index in [1.165, 1.54) is 12.5 Å². The van der Waals surface area contributed by atoms with E-state index < -0.39 is 104 Å². The number of aromatic amines is 1. The average Bonchev–Trinajstić information content (AvgIpc) is 3.72. The molecular formula is C36H60N6O12P2S2Si2. The van der Waals surface area contributed by atoms with Gasteiger partial charge in [0.15, 0.2) is 20.8 Å². The molecule has 0 radical (unpaired) electrons. The predicted octanol–water partition coefficient (Wildman–Crippen LogP) is 6.09. The molecule has 3 N–H and O–H groups in total. The summed E-state index contributed by atoms with van der Waals surface area (Å²) >= 11 is 8.47. The van der Waals surface area contributed by atoms with Gasteiger partial charge in [-0.1, -0.05) is 79.1 Å². The third-order valence-electron chi connectivity index (χ3n) is 12.6. The van der Waals surface area contributed by atoms with Gasteiger partial charge in [-0.05, 0) is 41.6 Å². The van der Waals surface area contributed by atoms with E-state index in [4.69, 9.17) is 32.2 Å². The maximum absolute atomic E-state index is 14.5. The summed E-state index contributed by atoms with van der Waals surface area (Å²) in [5.41, 5.74) is 0.214. The number of anilines is 1. The lowest BCUT2D eigenvalue weighted by molar-refractivity contribution is -0.0580. The van der Waals surface area contributed by atoms with Crippen LogP contribution in [0, 0.1) is 0 Å². The molecule has 3 aromatic rings. The van der Waals surface area contributed by atoms with Gasteiger partial charge in [0.1, 0.15) is 54.4 Å². The maximum Gasteiger partial charge on any atom is 0.386 e. The fourth-order valence-electron chi connectivity index (χ4n) is 7.02. The highest BCUT2D eigenvalue weighted by Crippen LogP contribution is 2.58. The highest BCUT2D eigenvalue weighted by Gasteiger charge is 2.55. The standard InChI is InChI=1S/C36H60N6O12P2S2Si2/c1-35(2,3)59(7,8)20-48-26-23(51-32(28(26)52-55(46)57)41-15-13-24(44)40-34(41)45)18-49-56(47,58)53-27-22(17-43)50-33(29(27)54-60(9,10)36(4,5)6)42-16-21-12-11-14-37-30-25(21)31(42)39-19-38-30/h13,15-16,19,22-23,26-29,32-33,43,55H,11-12,14,17-18,20H2,1-10H3,(H,46,57)(H,47,58)(H,37,38,39)(H,40,44,45)/t22-,23?,26-,27-,28-,29-,32-,33-,56?/m1/s1. The van der Waals surface area contributed by atoms with Gasteiger partial charge in [-0.15, -0.1) is 0 Å². The van der Waals surface area contributed by atoms with Gasteiger partial charge < -0.3 is 38.2 Å². The molecule has 3 unspecified atom stereocenters. The number of aromatic nitrogens is 5. The molecule has 3 aliphatic rings. The Balaban J connectivity index is 1.32. The first kappa shape index (κ1) is 47.8. The minimum atomic E-state index is -4.38. The first-order chi connectivity index (χ1) is 27.8. The normalized spacial score (nSPS) is 28.1. The Kier molecular flexibility index (Phi) is 14.4. The number of nitrogens with zero attached hydrogens (tertiary/aromatic N) is 4. The van der Waals surface area contributed by atoms with Crippen LogP contribution in [0.1, 0.15) is 66.0 Å². The average molecular weight is 951 g/mol. The number of rotatable bonds is 15. The molecular weight excluding hydrogens is 891 g/mol. The lowest BCUT2D eigenvalue weighted by atomic mass is 10.1. The third-order valence-corrected chi connectivity index (χ3v) is 24.4. The van der Waals surface area contributed by atoms with Crippen LogP contribution in [0.15, 0.2) is 34.4 Å². The molecule has 0 amide bonds. The van der Waals surface area contributed by atoms with Crippen LogP contribution in [0.4, 0.5) is 5.82 Å². The van der Waals surface area contributed by atoms with Gasteiger partial charge in [0.25, 0.3) is 5.56 Å². The lowest BCUT2D eigenvalue weighted by Crippen LogP contribution is -2.49. The summed E-state index contributed by atoms with van der Waals surface area (Å²) in [6.07, 6.45) is -1.78. The second-order valence-corrected chi connectivity index (χ2v) is 33.8. The van der Waals surface area contributed by atoms with Gasteiger partial charge in [0, 0.05) is 31.2 Å². The molecule has 0 saturated carbocycles. The van der Waals surface area contributed by atoms with Crippen molar-refractivity contribution in [3.8, 4) is 0 Å². The summed E-state index contributed by atoms with van der Waals surface area (Å²) in [6.45, 7) is 16.6. The van der Waals surface area contributed by atoms with Crippen molar-refractivity contribution in [3.05, 3.63) is 51.2 Å². The number of aliphatic hydroxyl groups is 1. The summed E-state index contributed by atoms with van der Waals surface area (Å²) in [7, 11) is -7.68. The fraction of sp³-hybridized carbons (Fsp3) is 0.722. The summed E-state index contributed by atoms with van der Waals surface area (Å²) in [5, 5.41) is 14.7. The Labute approximate surface area is 363 Å². The van der Waals surface area contributed by atoms with E-state index in [2.05, 4.69) is 112 Å². The van der Waals surface area contributed by atoms with Gasteiger partial charge >= 0.3 is 12.5 Å². The highest BCUT2D eigenvalue weighted by molar-refractivity contribution is 8.44. The van der Waals surface area contributed by atoms with Crippen molar-refractivity contribution < 1.29 is 46.4 Å². The molecule has 336 valence electrons. The van der Waals surface area contributed by atoms with Crippen molar-refractivity contribution in [2.45, 2.75) is 140 Å². The number of aliphatic hydroxyl groups excluding tert-OH is 1. The largest absolute Gasteiger partial charge is 0.407 e. The highest BCUT2D eigenvalue weighted by atomic mass is 32.7. The number of H-pyrrole nitrogens is 1. The maximum atomic E-state index is 14.5. The topological polar surface area (TPSA) is 217 Å². The van der Waals surface area contributed by atoms with E-state index in [-0.39, 0.29) is 10.1 Å². The zero-order chi connectivity index (χ0) is 44.2. The van der Waals surface area contributed by atoms with Crippen LogP contribution in [0.2, 0.25) is 36.3 Å². The Morgan fingerprint density at radius 2 is 1.68 bits per heavy atom. The van der Waals surface area contributed by atoms with Gasteiger partial charge in [0.2, 0.25) is 7.23 Å². The van der Waals surface area contributed by atoms with Crippen LogP contribution < -0.4 is 16.6 Å². The van der Waals surface area contributed by atoms with Crippen molar-refractivity contribution in [1.82, 2.24) is 24.1 Å². The monoisotopic (exact) mass is 950 g/mol. The fourth-order valence-corrected chi connectivity index (χ4v) is 11.7. The first-order valence-corrected chi connectivity index (χ1v) is 31.4. The summed E-state index contributed by atoms with van der Waals surface area (Å²) in [4.78, 5) is 36.3. The molecule has 18 nitrogen and oxygen atoms in total. The van der Waals surface area contributed by atoms with Gasteiger partial charge in [-0.2, -0.15) is 0 Å². The van der Waals surface area contributed by atoms with Crippen LogP contribution >= 0.6 is 38.5 Å². The minimum Gasteiger partial charge on any atom is -0.407 e. The minimum absolute atomic E-state index is 0.0840. The Morgan fingerprint density at radius 3 is 2.32 bits per heavy atom. The van der Waals surface area contributed by atoms with Gasteiger partial charge in [-0.25, -0.2) is 19.3 Å². The molecule has 6 rings (SSSR count). The molecule has 6 heterocycles. The number of aryl methyl sites for hydroxylation is 1. The molecule has 10 atom stereocenters. The van der Waals surface area contributed by atoms with Gasteiger partial charge in [0.05, 0.1) is 26.7 Å². The molecule has 0 bridgehead atoms. The Hall–Kier alpha value is -1.63. The number of hydrogen-bond acceptors (Lipinski definition) is 15. The van der Waals surface area contributed by atoms with Crippen molar-refractivity contribution in [1.29, 1.82) is 0 Å². The Bertz CT molecular complexity index is 2220. The molecule has 24 heteroatoms. The van der Waals surface area contributed by atoms with E-state index in [9.17, 15) is 23.8 Å². The molecule has 3 aromatic heterocycles. The summed E-state index contributed by atoms with van der Waals surface area (Å²) < 4.78 is 74.6. The van der Waals surface area contributed by atoms with E-state index in [0.29, 0.717) is 17.7 Å². The lowest BCUT2D eigenvalue weighted by Gasteiger charge is -2.41. The van der Waals surface area contributed by atoms with E-state index in [1.54, 1.807) is 0 Å². The molecule has 2 saturated heterocycles. The van der Waals surface area contributed by atoms with Crippen LogP contribution in [0.25, 0.3) is 11.0 Å². The molecule has 60 heavy (non-hydrogen) atoms. The van der Waals surface area contributed by atoms with E-state index >= 15 is 0 Å². The molecule has 2 fully saturated rings. The van der Waals surface area contributed by atoms with Crippen LogP contribution in [0.5, 0.6) is 0 Å². The van der Waals surface area contributed by atoms with Crippen molar-refractivity contribution in [3.63, 3.8) is 0 Å². The molecule has 0 aliphatic carbocycles. The molecule has 3 aliphatic heterocycles. The van der Waals surface area contributed by atoms with Crippen molar-refractivity contribution in [2.24, 2.45) is 0 Å². The van der Waals surface area contributed by atoms with Crippen molar-refractivity contribution in [2.75, 3.05) is 31.3 Å². The predicted molar refractivity (Wildman–Crippen MR) is 240 cm³/mol. The molecule has 0 spiro atoms. The second-order valence-electron chi connectivity index (χ2n) is 18.8. The van der Waals surface area contributed by atoms with Crippen molar-refractivity contribution >= 4 is 71.8 Å². The number of ether oxygens (including phenoxy) is 3. The van der Waals surface area contributed by atoms with Gasteiger partial charge in [-0.3, -0.25) is 28.0 Å². The summed E-state index contributed by atoms with van der Waals surface area (Å²) in [5.74, 6) is 0.716. The number of thiol groups is 2. The SMILES string of the molecule is CC(C)(C)[Si](C)(C)CO[C@@H]1C(COP(=O)(S)O[C@H]2[C@@H](O[Si](C)(C)C(C)(C)C)[C@H](n3cc4c5c(ncnc53)NCCC4)O[C@@H]2CO)O[C@@H](n2ccc(=O)[nH]c2=O)[C@@H]1O[PH](=O)S. The quantitative estimate of drug-likeness (QED) is 0.0662. The zero-order valence-corrected chi connectivity index (χ0v) is 41.4. The zero-order valence-electron chi connectivity index (χ0n) is 35.7. The summed E-state index contributed by atoms with van der Waals surface area (Å²) in [6, 6.07) is 1.14. The molecule has 0 aromatic carbocycles. The number of nitrogens with one attached hydrogen (secondary N) is 2. The van der Waals surface area contributed by atoms with Crippen LogP contribution in [0.3, 0.4) is 0 Å². The van der Waals surface area contributed by atoms with E-state index in [1.807, 2.05) is 10.8 Å². The third kappa shape index (κ3) is 10.2. The van der Waals surface area contributed by atoms with E-state index in [0.717, 1.165) is 41.0 Å². The number of hydrogen-bond donors (Lipinski definition) is 5. The van der Waals surface area contributed by atoms with Crippen LogP contribution in [-0.2, 0) is 47.8 Å². The smallest absolute Gasteiger partial charge is 0.386 e. The van der Waals surface area contributed by atoms with Crippen LogP contribution in [-0.4, -0.2) is 108 Å². The Morgan fingerprint density at radius 1 is 1.00 bits per heavy atom. The second kappa shape index (κ2) is 18.1.